The molecule has 1 fully saturated rings. The molecule has 3 rings (SSSR count). The van der Waals surface area contributed by atoms with E-state index in [9.17, 15) is 15.2 Å². The predicted octanol–water partition coefficient (Wildman–Crippen LogP) is 3.98. The normalized spacial score (nSPS) is 17.0. The minimum atomic E-state index is -0.611. The van der Waals surface area contributed by atoms with Gasteiger partial charge in [-0.1, -0.05) is 30.3 Å². The SMILES string of the molecule is CC(Oc1ccc([N+](=O)[O-])c(O)c1)N1CCC(Cc2ccccc2)CC1. The van der Waals surface area contributed by atoms with Crippen LogP contribution in [0.2, 0.25) is 0 Å². The molecular weight excluding hydrogens is 332 g/mol. The first-order valence-corrected chi connectivity index (χ1v) is 8.95. The van der Waals surface area contributed by atoms with E-state index in [2.05, 4.69) is 29.2 Å². The molecule has 1 aliphatic heterocycles. The molecule has 2 aromatic carbocycles. The van der Waals surface area contributed by atoms with Crippen molar-refractivity contribution in [1.82, 2.24) is 4.90 Å². The van der Waals surface area contributed by atoms with E-state index in [-0.39, 0.29) is 17.7 Å². The Kier molecular flexibility index (Phi) is 5.73. The molecule has 2 aromatic rings. The van der Waals surface area contributed by atoms with Gasteiger partial charge in [-0.15, -0.1) is 0 Å². The van der Waals surface area contributed by atoms with Crippen molar-refractivity contribution in [3.8, 4) is 11.5 Å². The van der Waals surface area contributed by atoms with Gasteiger partial charge in [0.15, 0.2) is 5.75 Å². The molecule has 0 aromatic heterocycles. The lowest BCUT2D eigenvalue weighted by molar-refractivity contribution is -0.385. The van der Waals surface area contributed by atoms with Crippen molar-refractivity contribution in [2.45, 2.75) is 32.4 Å². The summed E-state index contributed by atoms with van der Waals surface area (Å²) in [4.78, 5) is 12.4. The van der Waals surface area contributed by atoms with Crippen molar-refractivity contribution >= 4 is 5.69 Å². The smallest absolute Gasteiger partial charge is 0.310 e. The van der Waals surface area contributed by atoms with Crippen LogP contribution in [-0.2, 0) is 6.42 Å². The zero-order valence-corrected chi connectivity index (χ0v) is 14.9. The summed E-state index contributed by atoms with van der Waals surface area (Å²) in [6.07, 6.45) is 3.20. The van der Waals surface area contributed by atoms with Crippen LogP contribution in [0.3, 0.4) is 0 Å². The summed E-state index contributed by atoms with van der Waals surface area (Å²) < 4.78 is 5.87. The van der Waals surface area contributed by atoms with E-state index in [0.29, 0.717) is 11.7 Å². The van der Waals surface area contributed by atoms with Crippen LogP contribution < -0.4 is 4.74 Å². The molecule has 0 saturated carbocycles. The quantitative estimate of drug-likeness (QED) is 0.626. The van der Waals surface area contributed by atoms with Gasteiger partial charge in [0, 0.05) is 25.2 Å². The number of likely N-dealkylation sites (tertiary alicyclic amines) is 1. The van der Waals surface area contributed by atoms with E-state index in [1.165, 1.54) is 23.8 Å². The number of ether oxygens (including phenoxy) is 1. The summed E-state index contributed by atoms with van der Waals surface area (Å²) >= 11 is 0. The average Bonchev–Trinajstić information content (AvgIpc) is 2.63. The Morgan fingerprint density at radius 1 is 1.23 bits per heavy atom. The molecule has 1 unspecified atom stereocenters. The van der Waals surface area contributed by atoms with Crippen molar-refractivity contribution < 1.29 is 14.8 Å². The Labute approximate surface area is 153 Å². The molecule has 0 bridgehead atoms. The van der Waals surface area contributed by atoms with Crippen LogP contribution in [-0.4, -0.2) is 34.2 Å². The van der Waals surface area contributed by atoms with Gasteiger partial charge >= 0.3 is 5.69 Å². The maximum Gasteiger partial charge on any atom is 0.310 e. The third-order valence-corrected chi connectivity index (χ3v) is 4.98. The molecule has 6 heteroatoms. The zero-order chi connectivity index (χ0) is 18.5. The van der Waals surface area contributed by atoms with Crippen LogP contribution >= 0.6 is 0 Å². The highest BCUT2D eigenvalue weighted by atomic mass is 16.6. The zero-order valence-electron chi connectivity index (χ0n) is 14.9. The maximum absolute atomic E-state index is 10.8. The van der Waals surface area contributed by atoms with Gasteiger partial charge in [-0.05, 0) is 43.7 Å². The second-order valence-electron chi connectivity index (χ2n) is 6.79. The molecule has 0 aliphatic carbocycles. The number of phenols is 1. The van der Waals surface area contributed by atoms with Crippen molar-refractivity contribution in [2.75, 3.05) is 13.1 Å². The summed E-state index contributed by atoms with van der Waals surface area (Å²) in [5.74, 6) is 0.748. The molecule has 138 valence electrons. The molecule has 1 saturated heterocycles. The average molecular weight is 356 g/mol. The predicted molar refractivity (Wildman–Crippen MR) is 99.3 cm³/mol. The first kappa shape index (κ1) is 18.2. The Bertz CT molecular complexity index is 743. The molecule has 1 aliphatic rings. The summed E-state index contributed by atoms with van der Waals surface area (Å²) in [5.41, 5.74) is 1.07. The number of hydrogen-bond donors (Lipinski definition) is 1. The van der Waals surface area contributed by atoms with Crippen molar-refractivity contribution in [3.63, 3.8) is 0 Å². The second-order valence-corrected chi connectivity index (χ2v) is 6.79. The van der Waals surface area contributed by atoms with Gasteiger partial charge in [-0.3, -0.25) is 15.0 Å². The van der Waals surface area contributed by atoms with Crippen LogP contribution in [0.1, 0.15) is 25.3 Å². The molecule has 26 heavy (non-hydrogen) atoms. The number of nitro groups is 1. The molecule has 1 heterocycles. The number of benzene rings is 2. The molecule has 0 amide bonds. The first-order chi connectivity index (χ1) is 12.5. The number of nitro benzene ring substituents is 1. The van der Waals surface area contributed by atoms with Crippen LogP contribution in [0.25, 0.3) is 0 Å². The van der Waals surface area contributed by atoms with Gasteiger partial charge in [0.05, 0.1) is 4.92 Å². The minimum absolute atomic E-state index is 0.145. The van der Waals surface area contributed by atoms with E-state index in [1.807, 2.05) is 13.0 Å². The topological polar surface area (TPSA) is 75.8 Å². The molecule has 1 N–H and O–H groups in total. The first-order valence-electron chi connectivity index (χ1n) is 8.95. The second kappa shape index (κ2) is 8.19. The fourth-order valence-electron chi connectivity index (χ4n) is 3.47. The largest absolute Gasteiger partial charge is 0.502 e. The summed E-state index contributed by atoms with van der Waals surface area (Å²) in [7, 11) is 0. The lowest BCUT2D eigenvalue weighted by atomic mass is 9.90. The van der Waals surface area contributed by atoms with Crippen molar-refractivity contribution in [1.29, 1.82) is 0 Å². The summed E-state index contributed by atoms with van der Waals surface area (Å²) in [6, 6.07) is 14.7. The van der Waals surface area contributed by atoms with Gasteiger partial charge in [0.25, 0.3) is 0 Å². The van der Waals surface area contributed by atoms with Crippen LogP contribution in [0.4, 0.5) is 5.69 Å². The van der Waals surface area contributed by atoms with E-state index in [0.717, 1.165) is 32.4 Å². The highest BCUT2D eigenvalue weighted by Crippen LogP contribution is 2.31. The van der Waals surface area contributed by atoms with Gasteiger partial charge in [-0.2, -0.15) is 0 Å². The van der Waals surface area contributed by atoms with E-state index in [1.54, 1.807) is 0 Å². The number of nitrogens with zero attached hydrogens (tertiary/aromatic N) is 2. The van der Waals surface area contributed by atoms with E-state index >= 15 is 0 Å². The fraction of sp³-hybridized carbons (Fsp3) is 0.400. The van der Waals surface area contributed by atoms with E-state index < -0.39 is 4.92 Å². The standard InChI is InChI=1S/C20H24N2O4/c1-15(26-18-7-8-19(22(24)25)20(23)14-18)21-11-9-17(10-12-21)13-16-5-3-2-4-6-16/h2-8,14-15,17,23H,9-13H2,1H3. The van der Waals surface area contributed by atoms with Crippen molar-refractivity contribution in [3.05, 3.63) is 64.2 Å². The molecule has 0 spiro atoms. The monoisotopic (exact) mass is 356 g/mol. The van der Waals surface area contributed by atoms with Gasteiger partial charge in [-0.25, -0.2) is 0 Å². The lowest BCUT2D eigenvalue weighted by Gasteiger charge is -2.36. The Hall–Kier alpha value is -2.60. The molecule has 0 radical (unpaired) electrons. The Balaban J connectivity index is 1.51. The van der Waals surface area contributed by atoms with Gasteiger partial charge in [0.1, 0.15) is 12.0 Å². The molecule has 6 nitrogen and oxygen atoms in total. The number of rotatable bonds is 6. The maximum atomic E-state index is 10.8. The van der Waals surface area contributed by atoms with Crippen LogP contribution in [0.5, 0.6) is 11.5 Å². The van der Waals surface area contributed by atoms with Gasteiger partial charge in [0.2, 0.25) is 0 Å². The number of hydrogen-bond acceptors (Lipinski definition) is 5. The highest BCUT2D eigenvalue weighted by Gasteiger charge is 2.24. The van der Waals surface area contributed by atoms with E-state index in [4.69, 9.17) is 4.74 Å². The summed E-state index contributed by atoms with van der Waals surface area (Å²) in [6.45, 7) is 3.88. The fourth-order valence-corrected chi connectivity index (χ4v) is 3.47. The summed E-state index contributed by atoms with van der Waals surface area (Å²) in [5, 5.41) is 20.5. The highest BCUT2D eigenvalue weighted by molar-refractivity contribution is 5.49. The Morgan fingerprint density at radius 2 is 1.92 bits per heavy atom. The Morgan fingerprint density at radius 3 is 2.54 bits per heavy atom. The number of piperidine rings is 1. The molecule has 1 atom stereocenters. The lowest BCUT2D eigenvalue weighted by Crippen LogP contribution is -2.43. The number of phenolic OH excluding ortho intramolecular Hbond substituents is 1. The minimum Gasteiger partial charge on any atom is -0.502 e. The van der Waals surface area contributed by atoms with Crippen molar-refractivity contribution in [2.24, 2.45) is 5.92 Å². The van der Waals surface area contributed by atoms with Crippen LogP contribution in [0.15, 0.2) is 48.5 Å². The molecular formula is C20H24N2O4. The number of aromatic hydroxyl groups is 1. The third-order valence-electron chi connectivity index (χ3n) is 4.98. The van der Waals surface area contributed by atoms with Gasteiger partial charge < -0.3 is 9.84 Å². The third kappa shape index (κ3) is 4.52. The van der Waals surface area contributed by atoms with Crippen LogP contribution in [0, 0.1) is 16.0 Å².